The topological polar surface area (TPSA) is 32.8 Å². The Kier molecular flexibility index (Phi) is 5.09. The Labute approximate surface area is 150 Å². The first kappa shape index (κ1) is 17.5. The molecule has 0 bridgehead atoms. The van der Waals surface area contributed by atoms with Crippen LogP contribution in [-0.4, -0.2) is 37.0 Å². The molecule has 1 saturated heterocycles. The fourth-order valence-corrected chi connectivity index (χ4v) is 3.36. The SMILES string of the molecule is COc1ccc(CN2CCN(c3cccc(C)c3C)C(=O)[C@@H]2C)cc1. The van der Waals surface area contributed by atoms with Gasteiger partial charge in [-0.25, -0.2) is 0 Å². The van der Waals surface area contributed by atoms with E-state index in [4.69, 9.17) is 4.74 Å². The minimum atomic E-state index is -0.129. The fourth-order valence-electron chi connectivity index (χ4n) is 3.36. The molecule has 0 aliphatic carbocycles. The largest absolute Gasteiger partial charge is 0.497 e. The second-order valence-corrected chi connectivity index (χ2v) is 6.70. The van der Waals surface area contributed by atoms with Crippen molar-refractivity contribution in [1.29, 1.82) is 0 Å². The normalized spacial score (nSPS) is 18.5. The van der Waals surface area contributed by atoms with E-state index in [0.29, 0.717) is 0 Å². The average molecular weight is 338 g/mol. The van der Waals surface area contributed by atoms with Gasteiger partial charge >= 0.3 is 0 Å². The van der Waals surface area contributed by atoms with Gasteiger partial charge in [0.15, 0.2) is 0 Å². The van der Waals surface area contributed by atoms with E-state index in [0.717, 1.165) is 31.1 Å². The predicted molar refractivity (Wildman–Crippen MR) is 101 cm³/mol. The highest BCUT2D eigenvalue weighted by atomic mass is 16.5. The third-order valence-electron chi connectivity index (χ3n) is 5.19. The Hall–Kier alpha value is -2.33. The standard InChI is InChI=1S/C21H26N2O2/c1-15-6-5-7-20(16(15)2)23-13-12-22(17(3)21(23)24)14-18-8-10-19(25-4)11-9-18/h5-11,17H,12-14H2,1-4H3/t17-/m0/s1. The van der Waals surface area contributed by atoms with Crippen LogP contribution in [0.2, 0.25) is 0 Å². The van der Waals surface area contributed by atoms with Gasteiger partial charge in [0.25, 0.3) is 0 Å². The van der Waals surface area contributed by atoms with Gasteiger partial charge in [0.1, 0.15) is 5.75 Å². The van der Waals surface area contributed by atoms with Gasteiger partial charge in [0, 0.05) is 25.3 Å². The van der Waals surface area contributed by atoms with Crippen LogP contribution >= 0.6 is 0 Å². The lowest BCUT2D eigenvalue weighted by molar-refractivity contribution is -0.125. The first-order valence-corrected chi connectivity index (χ1v) is 8.76. The van der Waals surface area contributed by atoms with Gasteiger partial charge in [-0.05, 0) is 55.7 Å². The summed E-state index contributed by atoms with van der Waals surface area (Å²) in [6.07, 6.45) is 0. The van der Waals surface area contributed by atoms with Crippen molar-refractivity contribution in [3.05, 3.63) is 59.2 Å². The highest BCUT2D eigenvalue weighted by Gasteiger charge is 2.32. The van der Waals surface area contributed by atoms with Gasteiger partial charge in [-0.2, -0.15) is 0 Å². The van der Waals surface area contributed by atoms with Crippen molar-refractivity contribution >= 4 is 11.6 Å². The maximum Gasteiger partial charge on any atom is 0.244 e. The van der Waals surface area contributed by atoms with Gasteiger partial charge in [-0.15, -0.1) is 0 Å². The third kappa shape index (κ3) is 3.54. The van der Waals surface area contributed by atoms with Gasteiger partial charge in [-0.1, -0.05) is 24.3 Å². The van der Waals surface area contributed by atoms with Crippen molar-refractivity contribution < 1.29 is 9.53 Å². The van der Waals surface area contributed by atoms with Crippen LogP contribution in [0, 0.1) is 13.8 Å². The minimum absolute atomic E-state index is 0.129. The number of hydrogen-bond donors (Lipinski definition) is 0. The predicted octanol–water partition coefficient (Wildman–Crippen LogP) is 3.55. The summed E-state index contributed by atoms with van der Waals surface area (Å²) in [6, 6.07) is 14.1. The van der Waals surface area contributed by atoms with Gasteiger partial charge in [0.2, 0.25) is 5.91 Å². The van der Waals surface area contributed by atoms with Crippen molar-refractivity contribution in [3.8, 4) is 5.75 Å². The van der Waals surface area contributed by atoms with Crippen LogP contribution in [0.15, 0.2) is 42.5 Å². The van der Waals surface area contributed by atoms with Crippen LogP contribution in [-0.2, 0) is 11.3 Å². The number of anilines is 1. The van der Waals surface area contributed by atoms with E-state index in [1.54, 1.807) is 7.11 Å². The van der Waals surface area contributed by atoms with E-state index in [1.165, 1.54) is 16.7 Å². The van der Waals surface area contributed by atoms with E-state index >= 15 is 0 Å². The van der Waals surface area contributed by atoms with Crippen molar-refractivity contribution in [2.45, 2.75) is 33.4 Å². The van der Waals surface area contributed by atoms with Crippen molar-refractivity contribution in [1.82, 2.24) is 4.90 Å². The smallest absolute Gasteiger partial charge is 0.244 e. The Morgan fingerprint density at radius 2 is 1.80 bits per heavy atom. The van der Waals surface area contributed by atoms with Crippen molar-refractivity contribution in [2.24, 2.45) is 0 Å². The monoisotopic (exact) mass is 338 g/mol. The Balaban J connectivity index is 1.73. The Morgan fingerprint density at radius 3 is 2.48 bits per heavy atom. The van der Waals surface area contributed by atoms with Gasteiger partial charge < -0.3 is 9.64 Å². The van der Waals surface area contributed by atoms with E-state index < -0.39 is 0 Å². The highest BCUT2D eigenvalue weighted by molar-refractivity contribution is 5.98. The fraction of sp³-hybridized carbons (Fsp3) is 0.381. The number of carbonyl (C=O) groups excluding carboxylic acids is 1. The van der Waals surface area contributed by atoms with E-state index in [-0.39, 0.29) is 11.9 Å². The molecule has 2 aromatic carbocycles. The van der Waals surface area contributed by atoms with Crippen molar-refractivity contribution in [3.63, 3.8) is 0 Å². The summed E-state index contributed by atoms with van der Waals surface area (Å²) < 4.78 is 5.21. The number of benzene rings is 2. The lowest BCUT2D eigenvalue weighted by Gasteiger charge is -2.39. The highest BCUT2D eigenvalue weighted by Crippen LogP contribution is 2.27. The maximum atomic E-state index is 13.0. The van der Waals surface area contributed by atoms with Crippen LogP contribution < -0.4 is 9.64 Å². The van der Waals surface area contributed by atoms with Crippen LogP contribution in [0.1, 0.15) is 23.6 Å². The number of carbonyl (C=O) groups is 1. The molecule has 0 spiro atoms. The molecule has 1 amide bonds. The molecule has 2 aromatic rings. The summed E-state index contributed by atoms with van der Waals surface area (Å²) in [5.41, 5.74) is 4.65. The number of ether oxygens (including phenoxy) is 1. The molecule has 4 nitrogen and oxygen atoms in total. The quantitative estimate of drug-likeness (QED) is 0.855. The number of piperazine rings is 1. The molecule has 4 heteroatoms. The van der Waals surface area contributed by atoms with E-state index in [1.807, 2.05) is 36.1 Å². The molecule has 132 valence electrons. The number of methoxy groups -OCH3 is 1. The van der Waals surface area contributed by atoms with Crippen LogP contribution in [0.3, 0.4) is 0 Å². The summed E-state index contributed by atoms with van der Waals surface area (Å²) >= 11 is 0. The number of hydrogen-bond acceptors (Lipinski definition) is 3. The molecule has 1 aliphatic heterocycles. The van der Waals surface area contributed by atoms with Crippen LogP contribution in [0.25, 0.3) is 0 Å². The molecule has 1 fully saturated rings. The molecule has 0 N–H and O–H groups in total. The molecular weight excluding hydrogens is 312 g/mol. The molecule has 25 heavy (non-hydrogen) atoms. The molecular formula is C21H26N2O2. The molecule has 0 unspecified atom stereocenters. The Bertz CT molecular complexity index is 755. The van der Waals surface area contributed by atoms with Gasteiger partial charge in [-0.3, -0.25) is 9.69 Å². The van der Waals surface area contributed by atoms with Crippen molar-refractivity contribution in [2.75, 3.05) is 25.1 Å². The zero-order valence-electron chi connectivity index (χ0n) is 15.5. The average Bonchev–Trinajstić information content (AvgIpc) is 2.63. The summed E-state index contributed by atoms with van der Waals surface area (Å²) in [5, 5.41) is 0. The second kappa shape index (κ2) is 7.28. The molecule has 1 atom stereocenters. The second-order valence-electron chi connectivity index (χ2n) is 6.70. The molecule has 0 saturated carbocycles. The molecule has 0 aromatic heterocycles. The number of amides is 1. The zero-order valence-corrected chi connectivity index (χ0v) is 15.5. The summed E-state index contributed by atoms with van der Waals surface area (Å²) in [7, 11) is 1.67. The minimum Gasteiger partial charge on any atom is -0.497 e. The van der Waals surface area contributed by atoms with Crippen LogP contribution in [0.4, 0.5) is 5.69 Å². The first-order valence-electron chi connectivity index (χ1n) is 8.76. The number of rotatable bonds is 4. The third-order valence-corrected chi connectivity index (χ3v) is 5.19. The summed E-state index contributed by atoms with van der Waals surface area (Å²) in [4.78, 5) is 17.1. The molecule has 3 rings (SSSR count). The summed E-state index contributed by atoms with van der Waals surface area (Å²) in [5.74, 6) is 1.03. The molecule has 1 heterocycles. The maximum absolute atomic E-state index is 13.0. The lowest BCUT2D eigenvalue weighted by Crippen LogP contribution is -2.55. The lowest BCUT2D eigenvalue weighted by atomic mass is 10.0. The number of aryl methyl sites for hydroxylation is 1. The zero-order chi connectivity index (χ0) is 18.0. The number of nitrogens with zero attached hydrogens (tertiary/aromatic N) is 2. The summed E-state index contributed by atoms with van der Waals surface area (Å²) in [6.45, 7) is 8.55. The molecule has 0 radical (unpaired) electrons. The molecule has 1 aliphatic rings. The van der Waals surface area contributed by atoms with E-state index in [2.05, 4.69) is 36.9 Å². The Morgan fingerprint density at radius 1 is 1.08 bits per heavy atom. The van der Waals surface area contributed by atoms with Crippen LogP contribution in [0.5, 0.6) is 5.75 Å². The first-order chi connectivity index (χ1) is 12.0. The van der Waals surface area contributed by atoms with Gasteiger partial charge in [0.05, 0.1) is 13.2 Å². The van der Waals surface area contributed by atoms with E-state index in [9.17, 15) is 4.79 Å².